The van der Waals surface area contributed by atoms with E-state index in [4.69, 9.17) is 70.3 Å². The maximum absolute atomic E-state index is 14.9. The number of phosphoric ester groups is 2. The Morgan fingerprint density at radius 2 is 0.915 bits per heavy atom. The number of aromatic amines is 2. The number of anilines is 2. The Bertz CT molecular complexity index is 6840. The fourth-order valence-corrected chi connectivity index (χ4v) is 21.1. The van der Waals surface area contributed by atoms with Crippen LogP contribution in [0.15, 0.2) is 212 Å². The van der Waals surface area contributed by atoms with Gasteiger partial charge in [-0.15, -0.1) is 0 Å². The number of amides is 4. The number of benzene rings is 8. The van der Waals surface area contributed by atoms with Crippen LogP contribution in [0.3, 0.4) is 0 Å². The SMILES string of the molecule is CC(C)[C@H](OP(=O)(O)O)C(=O)N[C@H]1Cc2ccc3c(c2)[C@]24c5cccc(c5NC2O3)-c2cccc3[nH]cc(c23)-c2cnc(o2)-c2nc(oc24)[C@H](C(C)C)NC1=O.CC(C)[C@H](OP(=O)(OCc1ccccc1)OCc1ccccc1)C(=O)N[C@H]1Cc2ccc3c(c2)[C@]24c5cccc(c5NC2O3)-c2cccc3[nH]cc(c23)-c2cnc(o2)-c2nc(oc24)[C@H](C(C)C)NC1=O.CCO. The van der Waals surface area contributed by atoms with Crippen LogP contribution in [0.2, 0.25) is 0 Å². The maximum atomic E-state index is 14.9. The molecule has 31 nitrogen and oxygen atoms in total. The Morgan fingerprint density at radius 1 is 0.504 bits per heavy atom. The third-order valence-corrected chi connectivity index (χ3v) is 26.9. The number of nitrogens with one attached hydrogen (secondary N) is 8. The Balaban J connectivity index is 0.000000161. The van der Waals surface area contributed by atoms with E-state index in [1.54, 1.807) is 47.0 Å². The lowest BCUT2D eigenvalue weighted by Gasteiger charge is -2.30. The minimum Gasteiger partial charge on any atom is -0.469 e. The molecule has 4 amide bonds. The number of phosphoric acid groups is 2. The molecular formula is C96H92N12O19P2. The van der Waals surface area contributed by atoms with Crippen molar-refractivity contribution in [2.75, 3.05) is 17.2 Å². The monoisotopic (exact) mass is 1780 g/mol. The number of nitrogens with zero attached hydrogens (tertiary/aromatic N) is 4. The second kappa shape index (κ2) is 32.6. The lowest BCUT2D eigenvalue weighted by atomic mass is 9.72. The van der Waals surface area contributed by atoms with Crippen molar-refractivity contribution in [2.45, 2.75) is 148 Å². The van der Waals surface area contributed by atoms with Crippen molar-refractivity contribution in [3.8, 4) is 79.6 Å². The molecule has 0 radical (unpaired) electrons. The van der Waals surface area contributed by atoms with E-state index in [9.17, 15) is 38.1 Å². The summed E-state index contributed by atoms with van der Waals surface area (Å²) in [5.74, 6) is -0.239. The highest BCUT2D eigenvalue weighted by Gasteiger charge is 2.64. The summed E-state index contributed by atoms with van der Waals surface area (Å²) < 4.78 is 90.4. The molecule has 0 fully saturated rings. The van der Waals surface area contributed by atoms with Gasteiger partial charge in [0.2, 0.25) is 35.4 Å². The molecule has 2 spiro atoms. The summed E-state index contributed by atoms with van der Waals surface area (Å²) in [5.41, 5.74) is 13.7. The first kappa shape index (κ1) is 84.1. The van der Waals surface area contributed by atoms with E-state index in [1.165, 1.54) is 0 Å². The number of oxazole rings is 4. The highest BCUT2D eigenvalue weighted by Crippen LogP contribution is 2.65. The Morgan fingerprint density at radius 3 is 1.33 bits per heavy atom. The molecule has 14 aromatic rings. The minimum absolute atomic E-state index is 0.0259. The van der Waals surface area contributed by atoms with Crippen LogP contribution in [-0.2, 0) is 83.3 Å². The third-order valence-electron chi connectivity index (χ3n) is 25.0. The van der Waals surface area contributed by atoms with Crippen LogP contribution in [0, 0.1) is 23.7 Å². The molecule has 8 aromatic carbocycles. The van der Waals surface area contributed by atoms with E-state index in [-0.39, 0.29) is 68.1 Å². The fourth-order valence-electron chi connectivity index (χ4n) is 19.0. The molecule has 33 heteroatoms. The number of H-pyrrole nitrogens is 2. The van der Waals surface area contributed by atoms with Gasteiger partial charge in [-0.05, 0) is 88.2 Å². The van der Waals surface area contributed by atoms with Crippen molar-refractivity contribution >= 4 is 72.5 Å². The number of para-hydroxylation sites is 2. The number of ether oxygens (including phenoxy) is 2. The summed E-state index contributed by atoms with van der Waals surface area (Å²) in [7, 11) is -9.48. The summed E-state index contributed by atoms with van der Waals surface area (Å²) in [5, 5.41) is 29.0. The van der Waals surface area contributed by atoms with Gasteiger partial charge in [-0.25, -0.2) is 29.1 Å². The highest BCUT2D eigenvalue weighted by atomic mass is 31.2. The molecule has 129 heavy (non-hydrogen) atoms. The van der Waals surface area contributed by atoms with Crippen molar-refractivity contribution in [3.05, 3.63) is 262 Å². The largest absolute Gasteiger partial charge is 0.476 e. The standard InChI is InChI=1S/C54H49N6O9P.C40H37N6O9P.C2H6O/c1-29(2)44-52-59-46-48(68-52)54-37-19-11-18-35(34-17-12-20-39-43(34)36(25-55-39)42-26-56-51(46)66-42)45(37)60-53(54)67-41-22-21-33(23-38(41)54)24-40(49(61)58-44)57-50(62)47(30(3)4)69-70(63,64-27-31-13-7-5-8-14-31)65-28-32-15-9-6-10-16-32;1-17(2)30-38-45-32-34(54-38)40-23-9-5-8-21(20-7-6-10-25-29(20)22(15-41-25)28-16-42-37(32)52-28)31(23)46-39(40)53-27-12-11-19(13-24(27)40)14-26(35(47)44-30)43-36(48)33(18(3)4)55-56(49,50)51;1-2-3/h5-23,25-26,29-30,40,44,47,53,55,60H,24,27-28H2,1-4H3,(H,57,62)(H,58,61);5-13,15-18,26,30,33,39,41,46H,14H2,1-4H3,(H,43,48)(H,44,47)(H2,49,50,51);3H,2H2,1H3/t40-,44-,47-,53?,54-;26-,30-,33-,39?,40-;/m00./s1. The predicted molar refractivity (Wildman–Crippen MR) is 475 cm³/mol. The van der Waals surface area contributed by atoms with Crippen LogP contribution in [0.5, 0.6) is 11.5 Å². The van der Waals surface area contributed by atoms with Gasteiger partial charge in [-0.2, -0.15) is 0 Å². The number of carbonyl (C=O) groups is 4. The van der Waals surface area contributed by atoms with Crippen molar-refractivity contribution in [1.29, 1.82) is 0 Å². The zero-order chi connectivity index (χ0) is 89.4. The zero-order valence-electron chi connectivity index (χ0n) is 71.5. The summed E-state index contributed by atoms with van der Waals surface area (Å²) in [6.07, 6.45) is 3.00. The van der Waals surface area contributed by atoms with Crippen molar-refractivity contribution in [3.63, 3.8) is 0 Å². The Labute approximate surface area is 739 Å². The smallest absolute Gasteiger partial charge is 0.469 e. The van der Waals surface area contributed by atoms with Crippen LogP contribution < -0.4 is 41.4 Å². The van der Waals surface area contributed by atoms with Gasteiger partial charge >= 0.3 is 15.6 Å². The van der Waals surface area contributed by atoms with Crippen LogP contribution in [0.4, 0.5) is 11.4 Å². The molecule has 2 unspecified atom stereocenters. The number of aliphatic hydroxyl groups excluding tert-OH is 1. The molecular weight excluding hydrogens is 1690 g/mol. The quantitative estimate of drug-likeness (QED) is 0.0355. The Hall–Kier alpha value is -13.1. The molecule has 0 saturated carbocycles. The maximum Gasteiger partial charge on any atom is 0.476 e. The van der Waals surface area contributed by atoms with Crippen molar-refractivity contribution in [2.24, 2.45) is 23.7 Å². The summed E-state index contributed by atoms with van der Waals surface area (Å²) in [4.78, 5) is 103. The summed E-state index contributed by atoms with van der Waals surface area (Å²) in [6, 6.07) is 50.5. The normalized spacial score (nSPS) is 20.6. The minimum atomic E-state index is -5.05. The predicted octanol–water partition coefficient (Wildman–Crippen LogP) is 16.3. The average Bonchev–Trinajstić information content (AvgIpc) is 1.52. The van der Waals surface area contributed by atoms with Crippen LogP contribution >= 0.6 is 15.6 Å². The Kier molecular flexibility index (Phi) is 21.3. The van der Waals surface area contributed by atoms with Gasteiger partial charge in [0.1, 0.15) is 58.7 Å². The van der Waals surface area contributed by atoms with E-state index in [0.717, 1.165) is 106 Å². The first-order valence-corrected chi connectivity index (χ1v) is 46.0. The second-order valence-corrected chi connectivity index (χ2v) is 37.5. The molecule has 6 aromatic heterocycles. The molecule has 11 N–H and O–H groups in total. The van der Waals surface area contributed by atoms with E-state index >= 15 is 0 Å². The van der Waals surface area contributed by atoms with Crippen molar-refractivity contribution < 1.29 is 88.4 Å². The van der Waals surface area contributed by atoms with Gasteiger partial charge in [-0.1, -0.05) is 201 Å². The fraction of sp³-hybridized carbons (Fsp3) is 0.292. The number of hydrogen-bond acceptors (Lipinski definition) is 23. The molecule has 0 aliphatic carbocycles. The van der Waals surface area contributed by atoms with Gasteiger partial charge in [0.15, 0.2) is 46.9 Å². The molecule has 10 atom stereocenters. The van der Waals surface area contributed by atoms with Gasteiger partial charge in [0.05, 0.1) is 25.6 Å². The van der Waals surface area contributed by atoms with E-state index in [1.807, 2.05) is 167 Å². The topological polar surface area (TPSA) is 426 Å². The molecule has 20 bridgehead atoms. The van der Waals surface area contributed by atoms with Gasteiger partial charge < -0.3 is 83.9 Å². The number of hydrogen-bond donors (Lipinski definition) is 11. The first-order valence-electron chi connectivity index (χ1n) is 43.0. The van der Waals surface area contributed by atoms with Gasteiger partial charge in [0.25, 0.3) is 11.8 Å². The number of fused-ring (bicyclic) bond motifs is 14. The van der Waals surface area contributed by atoms with Gasteiger partial charge in [0, 0.05) is 110 Å². The first-order chi connectivity index (χ1) is 62.2. The molecule has 8 aliphatic rings. The number of rotatable bonds is 18. The lowest BCUT2D eigenvalue weighted by molar-refractivity contribution is -0.135. The van der Waals surface area contributed by atoms with E-state index in [2.05, 4.69) is 84.3 Å². The van der Waals surface area contributed by atoms with E-state index in [0.29, 0.717) is 51.5 Å². The van der Waals surface area contributed by atoms with Crippen molar-refractivity contribution in [1.82, 2.24) is 51.2 Å². The van der Waals surface area contributed by atoms with Crippen LogP contribution in [-0.4, -0.2) is 112 Å². The molecule has 8 aliphatic heterocycles. The molecule has 22 rings (SSSR count). The number of aliphatic hydroxyl groups is 1. The average molecular weight is 1780 g/mol. The molecule has 660 valence electrons. The lowest BCUT2D eigenvalue weighted by Crippen LogP contribution is -2.53. The summed E-state index contributed by atoms with van der Waals surface area (Å²) >= 11 is 0. The zero-order valence-corrected chi connectivity index (χ0v) is 73.3. The number of carbonyl (C=O) groups excluding carboxylic acids is 4. The highest BCUT2D eigenvalue weighted by molar-refractivity contribution is 7.48. The molecule has 14 heterocycles. The van der Waals surface area contributed by atoms with Gasteiger partial charge in [-0.3, -0.25) is 37.3 Å². The summed E-state index contributed by atoms with van der Waals surface area (Å²) in [6.45, 7) is 16.2. The van der Waals surface area contributed by atoms with Crippen LogP contribution in [0.1, 0.15) is 142 Å². The third kappa shape index (κ3) is 14.4. The van der Waals surface area contributed by atoms with E-state index < -0.39 is 111 Å². The second-order valence-electron chi connectivity index (χ2n) is 34.7. The number of aromatic nitrogens is 6. The molecule has 0 saturated heterocycles. The van der Waals surface area contributed by atoms with Crippen LogP contribution in [0.25, 0.3) is 89.9 Å².